The smallest absolute Gasteiger partial charge is 0.305 e. The third kappa shape index (κ3) is 5.73. The highest BCUT2D eigenvalue weighted by Crippen LogP contribution is 2.11. The molecule has 20 heavy (non-hydrogen) atoms. The standard InChI is InChI=1S/C15H21NO4/c1-10(2)13(8-15(18)19)16-14(17)9-20-12-6-4-11(3)5-7-12/h4-7,10,13H,8-9H2,1-3H3,(H,16,17)(H,18,19). The van der Waals surface area contributed by atoms with E-state index in [2.05, 4.69) is 5.32 Å². The summed E-state index contributed by atoms with van der Waals surface area (Å²) in [5.41, 5.74) is 1.11. The van der Waals surface area contributed by atoms with Gasteiger partial charge in [-0.1, -0.05) is 31.5 Å². The van der Waals surface area contributed by atoms with Crippen molar-refractivity contribution in [3.63, 3.8) is 0 Å². The zero-order valence-corrected chi connectivity index (χ0v) is 12.1. The van der Waals surface area contributed by atoms with Crippen molar-refractivity contribution in [3.8, 4) is 5.75 Å². The Bertz CT molecular complexity index is 453. The summed E-state index contributed by atoms with van der Waals surface area (Å²) in [6.07, 6.45) is -0.0893. The number of benzene rings is 1. The Kier molecular flexibility index (Phi) is 6.03. The minimum absolute atomic E-state index is 0.0504. The van der Waals surface area contributed by atoms with E-state index in [1.807, 2.05) is 32.9 Å². The first-order valence-electron chi connectivity index (χ1n) is 6.59. The number of hydrogen-bond acceptors (Lipinski definition) is 3. The minimum atomic E-state index is -0.927. The highest BCUT2D eigenvalue weighted by Gasteiger charge is 2.19. The van der Waals surface area contributed by atoms with E-state index in [9.17, 15) is 9.59 Å². The van der Waals surface area contributed by atoms with E-state index in [0.29, 0.717) is 5.75 Å². The topological polar surface area (TPSA) is 75.6 Å². The van der Waals surface area contributed by atoms with Crippen molar-refractivity contribution >= 4 is 11.9 Å². The molecule has 0 aliphatic rings. The summed E-state index contributed by atoms with van der Waals surface area (Å²) in [5.74, 6) is -0.575. The molecular formula is C15H21NO4. The van der Waals surface area contributed by atoms with Crippen LogP contribution in [0.15, 0.2) is 24.3 Å². The van der Waals surface area contributed by atoms with Crippen molar-refractivity contribution in [2.24, 2.45) is 5.92 Å². The summed E-state index contributed by atoms with van der Waals surface area (Å²) in [7, 11) is 0. The molecule has 0 heterocycles. The lowest BCUT2D eigenvalue weighted by atomic mass is 10.0. The van der Waals surface area contributed by atoms with E-state index in [4.69, 9.17) is 9.84 Å². The Morgan fingerprint density at radius 2 is 1.85 bits per heavy atom. The lowest BCUT2D eigenvalue weighted by molar-refractivity contribution is -0.138. The molecule has 1 amide bonds. The van der Waals surface area contributed by atoms with Crippen molar-refractivity contribution in [1.29, 1.82) is 0 Å². The van der Waals surface area contributed by atoms with Gasteiger partial charge in [0, 0.05) is 6.04 Å². The number of rotatable bonds is 7. The first-order valence-corrected chi connectivity index (χ1v) is 6.59. The first kappa shape index (κ1) is 16.0. The van der Waals surface area contributed by atoms with E-state index >= 15 is 0 Å². The second-order valence-corrected chi connectivity index (χ2v) is 5.12. The molecule has 1 rings (SSSR count). The molecule has 0 bridgehead atoms. The Morgan fingerprint density at radius 1 is 1.25 bits per heavy atom. The molecule has 0 saturated heterocycles. The average molecular weight is 279 g/mol. The van der Waals surface area contributed by atoms with Gasteiger partial charge in [0.05, 0.1) is 6.42 Å². The van der Waals surface area contributed by atoms with E-state index in [1.54, 1.807) is 12.1 Å². The predicted octanol–water partition coefficient (Wildman–Crippen LogP) is 1.99. The minimum Gasteiger partial charge on any atom is -0.484 e. The summed E-state index contributed by atoms with van der Waals surface area (Å²) in [6, 6.07) is 6.99. The highest BCUT2D eigenvalue weighted by molar-refractivity contribution is 5.78. The van der Waals surface area contributed by atoms with Gasteiger partial charge >= 0.3 is 5.97 Å². The van der Waals surface area contributed by atoms with E-state index in [1.165, 1.54) is 0 Å². The molecule has 0 radical (unpaired) electrons. The van der Waals surface area contributed by atoms with Crippen molar-refractivity contribution in [2.45, 2.75) is 33.2 Å². The van der Waals surface area contributed by atoms with Gasteiger partial charge in [0.25, 0.3) is 5.91 Å². The SMILES string of the molecule is Cc1ccc(OCC(=O)NC(CC(=O)O)C(C)C)cc1. The van der Waals surface area contributed by atoms with E-state index in [0.717, 1.165) is 5.56 Å². The van der Waals surface area contributed by atoms with Crippen LogP contribution in [0.5, 0.6) is 5.75 Å². The van der Waals surface area contributed by atoms with E-state index in [-0.39, 0.29) is 30.9 Å². The normalized spacial score (nSPS) is 12.0. The van der Waals surface area contributed by atoms with E-state index < -0.39 is 5.97 Å². The monoisotopic (exact) mass is 279 g/mol. The Morgan fingerprint density at radius 3 is 2.35 bits per heavy atom. The number of hydrogen-bond donors (Lipinski definition) is 2. The number of ether oxygens (including phenoxy) is 1. The molecule has 1 unspecified atom stereocenters. The molecule has 2 N–H and O–H groups in total. The van der Waals surface area contributed by atoms with Gasteiger partial charge in [-0.25, -0.2) is 0 Å². The number of carbonyl (C=O) groups is 2. The molecule has 0 aromatic heterocycles. The van der Waals surface area contributed by atoms with Crippen LogP contribution in [-0.4, -0.2) is 29.6 Å². The van der Waals surface area contributed by atoms with Gasteiger partial charge in [-0.2, -0.15) is 0 Å². The van der Waals surface area contributed by atoms with Gasteiger partial charge in [0.15, 0.2) is 6.61 Å². The molecule has 0 fully saturated rings. The number of carboxylic acid groups (broad SMARTS) is 1. The Hall–Kier alpha value is -2.04. The second-order valence-electron chi connectivity index (χ2n) is 5.12. The van der Waals surface area contributed by atoms with Gasteiger partial charge in [-0.15, -0.1) is 0 Å². The molecule has 0 aliphatic carbocycles. The number of aliphatic carboxylic acids is 1. The molecule has 110 valence electrons. The van der Waals surface area contributed by atoms with Crippen LogP contribution in [0.1, 0.15) is 25.8 Å². The number of amides is 1. The maximum Gasteiger partial charge on any atom is 0.305 e. The third-order valence-corrected chi connectivity index (χ3v) is 2.94. The number of nitrogens with one attached hydrogen (secondary N) is 1. The van der Waals surface area contributed by atoms with Crippen LogP contribution < -0.4 is 10.1 Å². The fourth-order valence-electron chi connectivity index (χ4n) is 1.67. The summed E-state index contributed by atoms with van der Waals surface area (Å²) in [4.78, 5) is 22.5. The number of aryl methyl sites for hydroxylation is 1. The molecule has 1 aromatic rings. The van der Waals surface area contributed by atoms with Crippen LogP contribution in [-0.2, 0) is 9.59 Å². The molecule has 0 saturated carbocycles. The Labute approximate surface area is 118 Å². The van der Waals surface area contributed by atoms with Crippen LogP contribution in [0.2, 0.25) is 0 Å². The maximum absolute atomic E-state index is 11.8. The van der Waals surface area contributed by atoms with Gasteiger partial charge < -0.3 is 15.2 Å². The zero-order chi connectivity index (χ0) is 15.1. The maximum atomic E-state index is 11.8. The third-order valence-electron chi connectivity index (χ3n) is 2.94. The molecule has 5 heteroatoms. The first-order chi connectivity index (χ1) is 9.38. The summed E-state index contributed by atoms with van der Waals surface area (Å²) < 4.78 is 5.35. The van der Waals surface area contributed by atoms with Crippen LogP contribution in [0, 0.1) is 12.8 Å². The summed E-state index contributed by atoms with van der Waals surface area (Å²) in [6.45, 7) is 5.59. The van der Waals surface area contributed by atoms with Crippen molar-refractivity contribution in [3.05, 3.63) is 29.8 Å². The van der Waals surface area contributed by atoms with Crippen molar-refractivity contribution in [1.82, 2.24) is 5.32 Å². The second kappa shape index (κ2) is 7.53. The lowest BCUT2D eigenvalue weighted by Gasteiger charge is -2.20. The van der Waals surface area contributed by atoms with Gasteiger partial charge in [0.2, 0.25) is 0 Å². The molecular weight excluding hydrogens is 258 g/mol. The highest BCUT2D eigenvalue weighted by atomic mass is 16.5. The fourth-order valence-corrected chi connectivity index (χ4v) is 1.67. The largest absolute Gasteiger partial charge is 0.484 e. The number of carboxylic acids is 1. The molecule has 1 aromatic carbocycles. The van der Waals surface area contributed by atoms with Gasteiger partial charge in [-0.05, 0) is 25.0 Å². The molecule has 0 spiro atoms. The fraction of sp³-hybridized carbons (Fsp3) is 0.467. The van der Waals surface area contributed by atoms with Crippen LogP contribution in [0.4, 0.5) is 0 Å². The average Bonchev–Trinajstić information content (AvgIpc) is 2.36. The van der Waals surface area contributed by atoms with Crippen LogP contribution >= 0.6 is 0 Å². The zero-order valence-electron chi connectivity index (χ0n) is 12.1. The predicted molar refractivity (Wildman–Crippen MR) is 75.7 cm³/mol. The van der Waals surface area contributed by atoms with Crippen molar-refractivity contribution in [2.75, 3.05) is 6.61 Å². The van der Waals surface area contributed by atoms with Crippen LogP contribution in [0.25, 0.3) is 0 Å². The van der Waals surface area contributed by atoms with Crippen LogP contribution in [0.3, 0.4) is 0 Å². The quantitative estimate of drug-likeness (QED) is 0.800. The van der Waals surface area contributed by atoms with Gasteiger partial charge in [-0.3, -0.25) is 9.59 Å². The van der Waals surface area contributed by atoms with Gasteiger partial charge in [0.1, 0.15) is 5.75 Å². The summed E-state index contributed by atoms with van der Waals surface area (Å²) in [5, 5.41) is 11.5. The Balaban J connectivity index is 2.45. The summed E-state index contributed by atoms with van der Waals surface area (Å²) >= 11 is 0. The lowest BCUT2D eigenvalue weighted by Crippen LogP contribution is -2.42. The molecule has 0 aliphatic heterocycles. The molecule has 5 nitrogen and oxygen atoms in total. The van der Waals surface area contributed by atoms with Crippen molar-refractivity contribution < 1.29 is 19.4 Å². The number of carbonyl (C=O) groups excluding carboxylic acids is 1. The molecule has 1 atom stereocenters.